The zero-order chi connectivity index (χ0) is 19.0. The van der Waals surface area contributed by atoms with Crippen molar-refractivity contribution in [1.82, 2.24) is 24.8 Å². The van der Waals surface area contributed by atoms with Gasteiger partial charge < -0.3 is 15.6 Å². The fourth-order valence-corrected chi connectivity index (χ4v) is 3.26. The number of aromatic nitrogens is 4. The molecule has 0 unspecified atom stereocenters. The van der Waals surface area contributed by atoms with Gasteiger partial charge in [0, 0.05) is 19.0 Å². The van der Waals surface area contributed by atoms with Crippen LogP contribution in [0.4, 0.5) is 5.82 Å². The molecule has 138 valence electrons. The summed E-state index contributed by atoms with van der Waals surface area (Å²) >= 11 is 0. The predicted molar refractivity (Wildman–Crippen MR) is 106 cm³/mol. The number of hydrogen-bond acceptors (Lipinski definition) is 5. The topological polar surface area (TPSA) is 101 Å². The second-order valence-electron chi connectivity index (χ2n) is 7.01. The molecule has 4 rings (SSSR count). The molecule has 0 atom stereocenters. The van der Waals surface area contributed by atoms with Gasteiger partial charge in [0.2, 0.25) is 5.91 Å². The predicted octanol–water partition coefficient (Wildman–Crippen LogP) is 2.87. The number of hydrogen-bond donors (Lipinski definition) is 2. The van der Waals surface area contributed by atoms with E-state index in [4.69, 9.17) is 10.7 Å². The van der Waals surface area contributed by atoms with Crippen LogP contribution in [0, 0.1) is 5.92 Å². The van der Waals surface area contributed by atoms with Gasteiger partial charge in [0.05, 0.1) is 22.9 Å². The average molecular weight is 362 g/mol. The number of H-pyrrole nitrogens is 1. The van der Waals surface area contributed by atoms with Gasteiger partial charge in [-0.2, -0.15) is 0 Å². The summed E-state index contributed by atoms with van der Waals surface area (Å²) in [7, 11) is 0. The number of amides is 1. The Morgan fingerprint density at radius 1 is 1.26 bits per heavy atom. The highest BCUT2D eigenvalue weighted by Crippen LogP contribution is 2.27. The van der Waals surface area contributed by atoms with Gasteiger partial charge in [-0.15, -0.1) is 0 Å². The second-order valence-corrected chi connectivity index (χ2v) is 7.01. The van der Waals surface area contributed by atoms with Gasteiger partial charge >= 0.3 is 0 Å². The van der Waals surface area contributed by atoms with Crippen molar-refractivity contribution < 1.29 is 4.79 Å². The highest BCUT2D eigenvalue weighted by molar-refractivity contribution is 5.81. The van der Waals surface area contributed by atoms with Gasteiger partial charge in [0.25, 0.3) is 0 Å². The summed E-state index contributed by atoms with van der Waals surface area (Å²) in [5, 5.41) is 0. The van der Waals surface area contributed by atoms with Crippen LogP contribution >= 0.6 is 0 Å². The number of fused-ring (bicyclic) bond motifs is 1. The van der Waals surface area contributed by atoms with Crippen molar-refractivity contribution in [3.8, 4) is 11.5 Å². The largest absolute Gasteiger partial charge is 0.382 e. The molecule has 1 aromatic carbocycles. The molecule has 0 aliphatic carbocycles. The van der Waals surface area contributed by atoms with Crippen molar-refractivity contribution >= 4 is 28.3 Å². The molecule has 0 radical (unpaired) electrons. The van der Waals surface area contributed by atoms with Crippen LogP contribution < -0.4 is 5.73 Å². The molecular weight excluding hydrogens is 340 g/mol. The van der Waals surface area contributed by atoms with Crippen molar-refractivity contribution in [3.63, 3.8) is 0 Å². The molecule has 0 saturated heterocycles. The Balaban J connectivity index is 1.64. The summed E-state index contributed by atoms with van der Waals surface area (Å²) in [6.45, 7) is 5.13. The molecule has 7 heteroatoms. The van der Waals surface area contributed by atoms with Gasteiger partial charge in [-0.05, 0) is 24.1 Å². The molecule has 1 amide bonds. The number of carbonyl (C=O) groups is 1. The van der Waals surface area contributed by atoms with Gasteiger partial charge in [0.15, 0.2) is 11.6 Å². The maximum Gasteiger partial charge on any atom is 0.225 e. The number of anilines is 1. The first-order chi connectivity index (χ1) is 13.0. The van der Waals surface area contributed by atoms with Crippen molar-refractivity contribution in [3.05, 3.63) is 42.2 Å². The van der Waals surface area contributed by atoms with Crippen LogP contribution in [0.25, 0.3) is 28.1 Å². The smallest absolute Gasteiger partial charge is 0.225 e. The summed E-state index contributed by atoms with van der Waals surface area (Å²) in [5.74, 6) is 1.13. The lowest BCUT2D eigenvalue weighted by atomic mass is 10.0. The molecule has 0 fully saturated rings. The number of nitrogens with two attached hydrogens (primary N) is 1. The Kier molecular flexibility index (Phi) is 4.35. The quantitative estimate of drug-likeness (QED) is 0.746. The number of benzene rings is 1. The minimum Gasteiger partial charge on any atom is -0.382 e. The minimum atomic E-state index is 0.0101. The number of rotatable bonds is 3. The molecule has 0 bridgehead atoms. The van der Waals surface area contributed by atoms with E-state index in [0.717, 1.165) is 28.7 Å². The van der Waals surface area contributed by atoms with Crippen LogP contribution in [-0.2, 0) is 4.79 Å². The van der Waals surface area contributed by atoms with E-state index in [0.29, 0.717) is 30.4 Å². The monoisotopic (exact) mass is 362 g/mol. The van der Waals surface area contributed by atoms with Crippen LogP contribution in [0.15, 0.2) is 36.5 Å². The van der Waals surface area contributed by atoms with E-state index < -0.39 is 0 Å². The normalized spacial score (nSPS) is 14.6. The third-order valence-electron chi connectivity index (χ3n) is 4.76. The number of imidazole rings is 1. The maximum absolute atomic E-state index is 12.1. The Hall–Kier alpha value is -3.22. The summed E-state index contributed by atoms with van der Waals surface area (Å²) in [6.07, 6.45) is 4.48. The molecular formula is C20H22N6O. The van der Waals surface area contributed by atoms with Crippen molar-refractivity contribution in [1.29, 1.82) is 0 Å². The van der Waals surface area contributed by atoms with Crippen LogP contribution in [0.2, 0.25) is 0 Å². The van der Waals surface area contributed by atoms with Gasteiger partial charge in [-0.3, -0.25) is 4.79 Å². The summed E-state index contributed by atoms with van der Waals surface area (Å²) in [6, 6.07) is 7.79. The van der Waals surface area contributed by atoms with Crippen LogP contribution in [0.1, 0.15) is 26.0 Å². The van der Waals surface area contributed by atoms with E-state index in [1.54, 1.807) is 6.20 Å². The number of para-hydroxylation sites is 2. The van der Waals surface area contributed by atoms with Gasteiger partial charge in [-0.25, -0.2) is 15.0 Å². The first-order valence-electron chi connectivity index (χ1n) is 9.08. The van der Waals surface area contributed by atoms with E-state index in [1.807, 2.05) is 49.1 Å². The summed E-state index contributed by atoms with van der Waals surface area (Å²) in [5.41, 5.74) is 10.2. The van der Waals surface area contributed by atoms with E-state index in [-0.39, 0.29) is 11.8 Å². The zero-order valence-corrected chi connectivity index (χ0v) is 15.4. The van der Waals surface area contributed by atoms with Gasteiger partial charge in [-0.1, -0.05) is 32.1 Å². The molecule has 0 spiro atoms. The van der Waals surface area contributed by atoms with E-state index >= 15 is 0 Å². The fourth-order valence-electron chi connectivity index (χ4n) is 3.26. The minimum absolute atomic E-state index is 0.0101. The van der Waals surface area contributed by atoms with E-state index in [1.165, 1.54) is 0 Å². The number of nitrogens with one attached hydrogen (secondary N) is 1. The molecule has 3 N–H and O–H groups in total. The van der Waals surface area contributed by atoms with Crippen LogP contribution in [0.3, 0.4) is 0 Å². The molecule has 1 aliphatic heterocycles. The molecule has 0 saturated carbocycles. The fraction of sp³-hybridized carbons (Fsp3) is 0.300. The lowest BCUT2D eigenvalue weighted by Crippen LogP contribution is -2.37. The Bertz CT molecular complexity index is 1000. The van der Waals surface area contributed by atoms with Crippen LogP contribution in [-0.4, -0.2) is 43.8 Å². The zero-order valence-electron chi connectivity index (χ0n) is 15.4. The summed E-state index contributed by atoms with van der Waals surface area (Å²) < 4.78 is 0. The number of nitrogen functional groups attached to an aromatic ring is 1. The third kappa shape index (κ3) is 3.28. The number of aromatic amines is 1. The Morgan fingerprint density at radius 2 is 2.07 bits per heavy atom. The van der Waals surface area contributed by atoms with E-state index in [2.05, 4.69) is 15.0 Å². The highest BCUT2D eigenvalue weighted by atomic mass is 16.2. The first kappa shape index (κ1) is 17.2. The lowest BCUT2D eigenvalue weighted by molar-refractivity contribution is -0.134. The third-order valence-corrected chi connectivity index (χ3v) is 4.76. The van der Waals surface area contributed by atoms with E-state index in [9.17, 15) is 4.79 Å². The molecule has 7 nitrogen and oxygen atoms in total. The summed E-state index contributed by atoms with van der Waals surface area (Å²) in [4.78, 5) is 30.9. The number of nitrogens with zero attached hydrogens (tertiary/aromatic N) is 4. The SMILES string of the molecule is CC(C)C(=O)N1CC=C(c2cnc(N)c(-c3nc4ccccc4[nH]3)n2)CC1. The Morgan fingerprint density at radius 3 is 2.78 bits per heavy atom. The first-order valence-corrected chi connectivity index (χ1v) is 9.08. The van der Waals surface area contributed by atoms with Crippen molar-refractivity contribution in [2.24, 2.45) is 5.92 Å². The molecule has 1 aliphatic rings. The average Bonchev–Trinajstić information content (AvgIpc) is 3.12. The molecule has 2 aromatic heterocycles. The highest BCUT2D eigenvalue weighted by Gasteiger charge is 2.21. The molecule has 3 aromatic rings. The standard InChI is InChI=1S/C20H22N6O/c1-12(2)20(27)26-9-7-13(8-10-26)16-11-22-18(21)17(23-16)19-24-14-5-3-4-6-15(14)25-19/h3-7,11-12H,8-10H2,1-2H3,(H2,21,22)(H,24,25). The van der Waals surface area contributed by atoms with Crippen molar-refractivity contribution in [2.75, 3.05) is 18.8 Å². The Labute approximate surface area is 157 Å². The second kappa shape index (κ2) is 6.83. The van der Waals surface area contributed by atoms with Crippen LogP contribution in [0.5, 0.6) is 0 Å². The molecule has 3 heterocycles. The van der Waals surface area contributed by atoms with Gasteiger partial charge in [0.1, 0.15) is 5.69 Å². The van der Waals surface area contributed by atoms with Crippen molar-refractivity contribution in [2.45, 2.75) is 20.3 Å². The maximum atomic E-state index is 12.1. The number of carbonyl (C=O) groups excluding carboxylic acids is 1. The molecule has 27 heavy (non-hydrogen) atoms. The lowest BCUT2D eigenvalue weighted by Gasteiger charge is -2.27.